The maximum atomic E-state index is 14.1. The Hall–Kier alpha value is -2.61. The van der Waals surface area contributed by atoms with Crippen LogP contribution in [-0.2, 0) is 14.3 Å². The Morgan fingerprint density at radius 1 is 1.44 bits per heavy atom. The highest BCUT2D eigenvalue weighted by molar-refractivity contribution is 6.08. The maximum Gasteiger partial charge on any atom is 0.337 e. The molecule has 0 unspecified atom stereocenters. The van der Waals surface area contributed by atoms with Gasteiger partial charge in [0.05, 0.1) is 37.6 Å². The molecule has 136 valence electrons. The van der Waals surface area contributed by atoms with Crippen LogP contribution in [0.5, 0.6) is 5.75 Å². The van der Waals surface area contributed by atoms with Gasteiger partial charge in [-0.1, -0.05) is 6.07 Å². The zero-order valence-electron chi connectivity index (χ0n) is 14.3. The van der Waals surface area contributed by atoms with Crippen molar-refractivity contribution in [2.24, 2.45) is 0 Å². The number of rotatable bonds is 7. The minimum Gasteiger partial charge on any atom is -0.486 e. The molecule has 25 heavy (non-hydrogen) atoms. The van der Waals surface area contributed by atoms with Gasteiger partial charge in [0.2, 0.25) is 0 Å². The molecule has 8 heteroatoms. The molecule has 1 aliphatic heterocycles. The lowest BCUT2D eigenvalue weighted by Gasteiger charge is -2.18. The summed E-state index contributed by atoms with van der Waals surface area (Å²) >= 11 is 0. The molecular weight excluding hydrogens is 331 g/mol. The van der Waals surface area contributed by atoms with Gasteiger partial charge in [0.1, 0.15) is 5.70 Å². The quantitative estimate of drug-likeness (QED) is 0.719. The monoisotopic (exact) mass is 352 g/mol. The number of nitrogens with zero attached hydrogens (tertiary/aromatic N) is 1. The predicted molar refractivity (Wildman–Crippen MR) is 88.5 cm³/mol. The van der Waals surface area contributed by atoms with Gasteiger partial charge in [0, 0.05) is 6.54 Å². The van der Waals surface area contributed by atoms with Crippen molar-refractivity contribution in [3.8, 4) is 5.75 Å². The van der Waals surface area contributed by atoms with Crippen LogP contribution in [0, 0.1) is 5.82 Å². The average molecular weight is 352 g/mol. The number of aliphatic hydroxyl groups is 1. The van der Waals surface area contributed by atoms with Crippen molar-refractivity contribution >= 4 is 17.6 Å². The lowest BCUT2D eigenvalue weighted by molar-refractivity contribution is -0.136. The van der Waals surface area contributed by atoms with Gasteiger partial charge in [-0.05, 0) is 26.0 Å². The number of carbonyl (C=O) groups excluding carboxylic acids is 2. The molecule has 0 atom stereocenters. The number of hydrogen-bond acceptors (Lipinski definition) is 6. The van der Waals surface area contributed by atoms with Crippen molar-refractivity contribution in [1.29, 1.82) is 0 Å². The summed E-state index contributed by atoms with van der Waals surface area (Å²) in [6.07, 6.45) is -0.281. The standard InChI is InChI=1S/C17H21FN2O5/c1-10(2)25-15-12(18)5-4-6-13(15)19-14-11(17(23)24-3)9-20(7-8-21)16(14)22/h4-6,10,19,21H,7-9H2,1-3H3. The number of nitrogens with one attached hydrogen (secondary N) is 1. The normalized spacial score (nSPS) is 14.3. The summed E-state index contributed by atoms with van der Waals surface area (Å²) < 4.78 is 24.3. The Kier molecular flexibility index (Phi) is 5.97. The van der Waals surface area contributed by atoms with E-state index in [1.165, 1.54) is 24.1 Å². The van der Waals surface area contributed by atoms with Crippen LogP contribution < -0.4 is 10.1 Å². The van der Waals surface area contributed by atoms with Gasteiger partial charge >= 0.3 is 5.97 Å². The van der Waals surface area contributed by atoms with Crippen LogP contribution in [0.1, 0.15) is 13.8 Å². The third-order valence-corrected chi connectivity index (χ3v) is 3.53. The van der Waals surface area contributed by atoms with E-state index < -0.39 is 17.7 Å². The lowest BCUT2D eigenvalue weighted by Crippen LogP contribution is -2.31. The largest absolute Gasteiger partial charge is 0.486 e. The Labute approximate surface area is 145 Å². The van der Waals surface area contributed by atoms with Crippen molar-refractivity contribution in [2.75, 3.05) is 32.1 Å². The molecule has 1 aromatic rings. The van der Waals surface area contributed by atoms with Crippen LogP contribution in [0.3, 0.4) is 0 Å². The number of halogens is 1. The molecule has 0 spiro atoms. The Balaban J connectivity index is 2.40. The molecule has 1 aromatic carbocycles. The lowest BCUT2D eigenvalue weighted by atomic mass is 10.2. The van der Waals surface area contributed by atoms with E-state index in [9.17, 15) is 14.0 Å². The highest BCUT2D eigenvalue weighted by atomic mass is 19.1. The van der Waals surface area contributed by atoms with E-state index in [1.807, 2.05) is 0 Å². The highest BCUT2D eigenvalue weighted by Crippen LogP contribution is 2.32. The molecule has 0 aliphatic carbocycles. The van der Waals surface area contributed by atoms with Gasteiger partial charge in [-0.25, -0.2) is 9.18 Å². The molecule has 0 saturated heterocycles. The summed E-state index contributed by atoms with van der Waals surface area (Å²) in [4.78, 5) is 25.8. The fourth-order valence-corrected chi connectivity index (χ4v) is 2.45. The minimum atomic E-state index is -0.668. The zero-order valence-corrected chi connectivity index (χ0v) is 14.3. The smallest absolute Gasteiger partial charge is 0.337 e. The van der Waals surface area contributed by atoms with Crippen molar-refractivity contribution in [2.45, 2.75) is 20.0 Å². The molecule has 0 saturated carbocycles. The third-order valence-electron chi connectivity index (χ3n) is 3.53. The summed E-state index contributed by atoms with van der Waals surface area (Å²) in [5.41, 5.74) is 0.324. The number of methoxy groups -OCH3 is 1. The summed E-state index contributed by atoms with van der Waals surface area (Å²) in [7, 11) is 1.21. The average Bonchev–Trinajstić information content (AvgIpc) is 2.87. The van der Waals surface area contributed by atoms with Gasteiger partial charge in [0.15, 0.2) is 11.6 Å². The molecule has 1 amide bonds. The van der Waals surface area contributed by atoms with Gasteiger partial charge in [-0.15, -0.1) is 0 Å². The molecule has 0 bridgehead atoms. The first-order chi connectivity index (χ1) is 11.9. The first kappa shape index (κ1) is 18.7. The molecule has 2 rings (SSSR count). The molecule has 1 heterocycles. The van der Waals surface area contributed by atoms with Crippen LogP contribution in [0.15, 0.2) is 29.5 Å². The number of carbonyl (C=O) groups is 2. The Morgan fingerprint density at radius 2 is 2.16 bits per heavy atom. The van der Waals surface area contributed by atoms with Crippen LogP contribution in [0.25, 0.3) is 0 Å². The number of benzene rings is 1. The molecule has 0 radical (unpaired) electrons. The van der Waals surface area contributed by atoms with Crippen molar-refractivity contribution < 1.29 is 28.6 Å². The number of esters is 1. The fourth-order valence-electron chi connectivity index (χ4n) is 2.45. The molecule has 7 nitrogen and oxygen atoms in total. The SMILES string of the molecule is COC(=O)C1=C(Nc2cccc(F)c2OC(C)C)C(=O)N(CCO)C1. The maximum absolute atomic E-state index is 14.1. The number of para-hydroxylation sites is 1. The highest BCUT2D eigenvalue weighted by Gasteiger charge is 2.35. The number of amides is 1. The second kappa shape index (κ2) is 7.98. The number of aliphatic hydroxyl groups excluding tert-OH is 1. The van der Waals surface area contributed by atoms with Crippen molar-refractivity contribution in [1.82, 2.24) is 4.90 Å². The van der Waals surface area contributed by atoms with E-state index in [4.69, 9.17) is 14.6 Å². The number of β-amino-alcohol motifs (C(OH)–C–C–N with tert-alkyl or cyclic N) is 1. The fraction of sp³-hybridized carbons (Fsp3) is 0.412. The van der Waals surface area contributed by atoms with Crippen LogP contribution in [0.2, 0.25) is 0 Å². The summed E-state index contributed by atoms with van der Waals surface area (Å²) in [5, 5.41) is 11.9. The summed E-state index contributed by atoms with van der Waals surface area (Å²) in [5.74, 6) is -1.77. The topological polar surface area (TPSA) is 88.1 Å². The van der Waals surface area contributed by atoms with Crippen LogP contribution in [-0.4, -0.2) is 54.8 Å². The number of ether oxygens (including phenoxy) is 2. The molecular formula is C17H21FN2O5. The van der Waals surface area contributed by atoms with E-state index in [0.29, 0.717) is 0 Å². The molecule has 2 N–H and O–H groups in total. The first-order valence-corrected chi connectivity index (χ1v) is 7.82. The second-order valence-corrected chi connectivity index (χ2v) is 5.70. The predicted octanol–water partition coefficient (Wildman–Crippen LogP) is 1.29. The van der Waals surface area contributed by atoms with Crippen LogP contribution in [0.4, 0.5) is 10.1 Å². The Bertz CT molecular complexity index is 702. The van der Waals surface area contributed by atoms with E-state index in [2.05, 4.69) is 5.32 Å². The van der Waals surface area contributed by atoms with Crippen LogP contribution >= 0.6 is 0 Å². The number of anilines is 1. The number of hydrogen-bond donors (Lipinski definition) is 2. The van der Waals surface area contributed by atoms with E-state index in [1.54, 1.807) is 19.9 Å². The molecule has 0 aromatic heterocycles. The Morgan fingerprint density at radius 3 is 2.76 bits per heavy atom. The zero-order chi connectivity index (χ0) is 18.6. The molecule has 0 fully saturated rings. The van der Waals surface area contributed by atoms with Gasteiger partial charge < -0.3 is 24.8 Å². The summed E-state index contributed by atoms with van der Waals surface area (Å²) in [6.45, 7) is 3.33. The van der Waals surface area contributed by atoms with Crippen molar-refractivity contribution in [3.63, 3.8) is 0 Å². The van der Waals surface area contributed by atoms with E-state index in [-0.39, 0.29) is 48.5 Å². The second-order valence-electron chi connectivity index (χ2n) is 5.70. The van der Waals surface area contributed by atoms with Gasteiger partial charge in [-0.2, -0.15) is 0 Å². The third kappa shape index (κ3) is 4.08. The first-order valence-electron chi connectivity index (χ1n) is 7.82. The van der Waals surface area contributed by atoms with Crippen molar-refractivity contribution in [3.05, 3.63) is 35.3 Å². The minimum absolute atomic E-state index is 0.00405. The van der Waals surface area contributed by atoms with E-state index >= 15 is 0 Å². The molecule has 1 aliphatic rings. The van der Waals surface area contributed by atoms with E-state index in [0.717, 1.165) is 0 Å². The summed E-state index contributed by atoms with van der Waals surface area (Å²) in [6, 6.07) is 4.26. The van der Waals surface area contributed by atoms with Gasteiger partial charge in [-0.3, -0.25) is 4.79 Å². The van der Waals surface area contributed by atoms with Gasteiger partial charge in [0.25, 0.3) is 5.91 Å².